The number of carbonyl (C=O) groups is 1. The van der Waals surface area contributed by atoms with Gasteiger partial charge >= 0.3 is 0 Å². The summed E-state index contributed by atoms with van der Waals surface area (Å²) in [5.41, 5.74) is 1.23. The van der Waals surface area contributed by atoms with Crippen LogP contribution in [0.15, 0.2) is 35.5 Å². The van der Waals surface area contributed by atoms with Crippen molar-refractivity contribution in [2.45, 2.75) is 75.7 Å². The molecule has 0 radical (unpaired) electrons. The van der Waals surface area contributed by atoms with Crippen LogP contribution in [0, 0.1) is 0 Å². The Morgan fingerprint density at radius 2 is 1.70 bits per heavy atom. The second kappa shape index (κ2) is 11.0. The Labute approximate surface area is 183 Å². The lowest BCUT2D eigenvalue weighted by atomic mass is 9.95. The van der Waals surface area contributed by atoms with Gasteiger partial charge in [-0.05, 0) is 44.3 Å². The molecule has 1 aliphatic carbocycles. The number of hydrogen-bond donors (Lipinski definition) is 1. The molecular formula is C23H33N5OS. The second-order valence-corrected chi connectivity index (χ2v) is 9.44. The van der Waals surface area contributed by atoms with Crippen molar-refractivity contribution in [2.75, 3.05) is 18.8 Å². The molecule has 6 nitrogen and oxygen atoms in total. The van der Waals surface area contributed by atoms with Gasteiger partial charge in [0, 0.05) is 6.04 Å². The number of hydrogen-bond acceptors (Lipinski definition) is 5. The topological polar surface area (TPSA) is 63.1 Å². The lowest BCUT2D eigenvalue weighted by Crippen LogP contribution is -2.37. The van der Waals surface area contributed by atoms with E-state index in [9.17, 15) is 4.79 Å². The molecule has 2 aliphatic rings. The van der Waals surface area contributed by atoms with Crippen molar-refractivity contribution in [3.05, 3.63) is 41.7 Å². The van der Waals surface area contributed by atoms with Gasteiger partial charge in [0.1, 0.15) is 5.82 Å². The Hall–Kier alpha value is -1.86. The molecular weight excluding hydrogens is 394 g/mol. The minimum Gasteiger partial charge on any atom is -0.353 e. The second-order valence-electron chi connectivity index (χ2n) is 8.50. The number of likely N-dealkylation sites (tertiary alicyclic amines) is 1. The van der Waals surface area contributed by atoms with E-state index in [2.05, 4.69) is 49.2 Å². The van der Waals surface area contributed by atoms with Crippen LogP contribution in [0.4, 0.5) is 0 Å². The van der Waals surface area contributed by atoms with Crippen LogP contribution in [0.2, 0.25) is 0 Å². The van der Waals surface area contributed by atoms with E-state index in [1.807, 2.05) is 6.07 Å². The van der Waals surface area contributed by atoms with Crippen LogP contribution in [0.3, 0.4) is 0 Å². The van der Waals surface area contributed by atoms with Crippen molar-refractivity contribution >= 4 is 17.7 Å². The summed E-state index contributed by atoms with van der Waals surface area (Å²) in [6.07, 6.45) is 9.81. The van der Waals surface area contributed by atoms with Crippen LogP contribution in [-0.4, -0.2) is 50.5 Å². The largest absolute Gasteiger partial charge is 0.353 e. The van der Waals surface area contributed by atoms with Gasteiger partial charge < -0.3 is 9.88 Å². The molecule has 0 bridgehead atoms. The van der Waals surface area contributed by atoms with Crippen molar-refractivity contribution < 1.29 is 4.79 Å². The van der Waals surface area contributed by atoms with Gasteiger partial charge in [-0.25, -0.2) is 0 Å². The minimum absolute atomic E-state index is 0.110. The first-order chi connectivity index (χ1) is 14.8. The molecule has 30 heavy (non-hydrogen) atoms. The molecule has 1 saturated heterocycles. The molecule has 4 rings (SSSR count). The maximum absolute atomic E-state index is 12.5. The summed E-state index contributed by atoms with van der Waals surface area (Å²) >= 11 is 1.50. The number of nitrogens with zero attached hydrogens (tertiary/aromatic N) is 4. The maximum atomic E-state index is 12.5. The van der Waals surface area contributed by atoms with Gasteiger partial charge in [0.2, 0.25) is 5.91 Å². The van der Waals surface area contributed by atoms with Gasteiger partial charge in [0.05, 0.1) is 18.8 Å². The highest BCUT2D eigenvalue weighted by Gasteiger charge is 2.20. The first kappa shape index (κ1) is 21.4. The smallest absolute Gasteiger partial charge is 0.230 e. The third-order valence-corrected chi connectivity index (χ3v) is 7.06. The quantitative estimate of drug-likeness (QED) is 0.648. The molecule has 1 N–H and O–H groups in total. The summed E-state index contributed by atoms with van der Waals surface area (Å²) in [4.78, 5) is 15.0. The van der Waals surface area contributed by atoms with E-state index in [0.29, 0.717) is 11.8 Å². The number of benzene rings is 1. The average molecular weight is 428 g/mol. The summed E-state index contributed by atoms with van der Waals surface area (Å²) in [5, 5.41) is 13.0. The van der Waals surface area contributed by atoms with Crippen LogP contribution in [0.1, 0.15) is 62.8 Å². The van der Waals surface area contributed by atoms with E-state index < -0.39 is 0 Å². The lowest BCUT2D eigenvalue weighted by Gasteiger charge is -2.26. The maximum Gasteiger partial charge on any atom is 0.230 e. The summed E-state index contributed by atoms with van der Waals surface area (Å²) < 4.78 is 2.20. The molecule has 0 atom stereocenters. The van der Waals surface area contributed by atoms with Gasteiger partial charge in [-0.15, -0.1) is 10.2 Å². The van der Waals surface area contributed by atoms with Crippen LogP contribution < -0.4 is 5.32 Å². The predicted molar refractivity (Wildman–Crippen MR) is 120 cm³/mol. The highest BCUT2D eigenvalue weighted by Crippen LogP contribution is 2.22. The Bertz CT molecular complexity index is 797. The Kier molecular flexibility index (Phi) is 7.81. The minimum atomic E-state index is 0.110. The molecule has 7 heteroatoms. The summed E-state index contributed by atoms with van der Waals surface area (Å²) in [6.45, 7) is 3.83. The van der Waals surface area contributed by atoms with E-state index in [1.54, 1.807) is 0 Å². The number of piperidine rings is 1. The molecule has 2 aromatic rings. The van der Waals surface area contributed by atoms with Crippen LogP contribution in [0.25, 0.3) is 0 Å². The number of rotatable bonds is 8. The molecule has 1 aromatic heterocycles. The fourth-order valence-corrected chi connectivity index (χ4v) is 5.20. The van der Waals surface area contributed by atoms with Crippen molar-refractivity contribution in [3.8, 4) is 0 Å². The summed E-state index contributed by atoms with van der Waals surface area (Å²) in [7, 11) is 0. The molecule has 1 aromatic carbocycles. The third kappa shape index (κ3) is 6.08. The van der Waals surface area contributed by atoms with Crippen LogP contribution in [0.5, 0.6) is 0 Å². The first-order valence-electron chi connectivity index (χ1n) is 11.4. The highest BCUT2D eigenvalue weighted by atomic mass is 32.2. The van der Waals surface area contributed by atoms with Crippen molar-refractivity contribution in [2.24, 2.45) is 0 Å². The standard InChI is InChI=1S/C23H33N5OS/c29-22(24-20-12-6-2-7-13-20)18-30-23-26-25-21(17-27-14-8-3-9-15-27)28(23)16-19-10-4-1-5-11-19/h1,4-5,10-11,20H,2-3,6-9,12-18H2,(H,24,29). The van der Waals surface area contributed by atoms with Crippen LogP contribution >= 0.6 is 11.8 Å². The summed E-state index contributed by atoms with van der Waals surface area (Å²) in [5.74, 6) is 1.50. The Balaban J connectivity index is 1.42. The van der Waals surface area contributed by atoms with E-state index in [0.717, 1.165) is 50.0 Å². The van der Waals surface area contributed by atoms with Gasteiger partial charge in [0.15, 0.2) is 5.16 Å². The predicted octanol–water partition coefficient (Wildman–Crippen LogP) is 3.85. The zero-order valence-corrected chi connectivity index (χ0v) is 18.6. The molecule has 1 amide bonds. The van der Waals surface area contributed by atoms with Crippen LogP contribution in [-0.2, 0) is 17.9 Å². The molecule has 0 unspecified atom stereocenters. The zero-order valence-electron chi connectivity index (χ0n) is 17.8. The van der Waals surface area contributed by atoms with Gasteiger partial charge in [-0.1, -0.05) is 67.8 Å². The van der Waals surface area contributed by atoms with E-state index in [4.69, 9.17) is 0 Å². The van der Waals surface area contributed by atoms with E-state index >= 15 is 0 Å². The Morgan fingerprint density at radius 1 is 0.967 bits per heavy atom. The normalized spacial score (nSPS) is 18.4. The molecule has 2 fully saturated rings. The van der Waals surface area contributed by atoms with Gasteiger partial charge in [-0.3, -0.25) is 9.69 Å². The lowest BCUT2D eigenvalue weighted by molar-refractivity contribution is -0.119. The zero-order chi connectivity index (χ0) is 20.6. The van der Waals surface area contributed by atoms with E-state index in [-0.39, 0.29) is 5.91 Å². The van der Waals surface area contributed by atoms with E-state index in [1.165, 1.54) is 55.9 Å². The van der Waals surface area contributed by atoms with Crippen molar-refractivity contribution in [1.82, 2.24) is 25.0 Å². The Morgan fingerprint density at radius 3 is 2.47 bits per heavy atom. The summed E-state index contributed by atoms with van der Waals surface area (Å²) in [6, 6.07) is 10.8. The number of amides is 1. The molecule has 0 spiro atoms. The average Bonchev–Trinajstić information content (AvgIpc) is 3.15. The highest BCUT2D eigenvalue weighted by molar-refractivity contribution is 7.99. The number of carbonyl (C=O) groups excluding carboxylic acids is 1. The number of thioether (sulfide) groups is 1. The number of nitrogens with one attached hydrogen (secondary N) is 1. The molecule has 1 saturated carbocycles. The van der Waals surface area contributed by atoms with Crippen molar-refractivity contribution in [3.63, 3.8) is 0 Å². The van der Waals surface area contributed by atoms with Gasteiger partial charge in [-0.2, -0.15) is 0 Å². The SMILES string of the molecule is O=C(CSc1nnc(CN2CCCCC2)n1Cc1ccccc1)NC1CCCCC1. The number of aromatic nitrogens is 3. The monoisotopic (exact) mass is 427 g/mol. The van der Waals surface area contributed by atoms with Crippen molar-refractivity contribution in [1.29, 1.82) is 0 Å². The first-order valence-corrected chi connectivity index (χ1v) is 12.4. The third-order valence-electron chi connectivity index (χ3n) is 6.09. The fourth-order valence-electron chi connectivity index (χ4n) is 4.43. The fraction of sp³-hybridized carbons (Fsp3) is 0.609. The molecule has 2 heterocycles. The molecule has 162 valence electrons. The van der Waals surface area contributed by atoms with Gasteiger partial charge in [0.25, 0.3) is 0 Å². The molecule has 1 aliphatic heterocycles.